The number of carboxylic acid groups (broad SMARTS) is 1. The number of H-pyrrole nitrogens is 1. The van der Waals surface area contributed by atoms with Gasteiger partial charge in [-0.1, -0.05) is 66.7 Å². The molecule has 0 radical (unpaired) electrons. The van der Waals surface area contributed by atoms with Crippen LogP contribution in [-0.2, 0) is 6.42 Å². The molecular formula is C46H55N5O6. The molecule has 2 saturated heterocycles. The predicted molar refractivity (Wildman–Crippen MR) is 225 cm³/mol. The molecule has 1 atom stereocenters. The lowest BCUT2D eigenvalue weighted by molar-refractivity contribution is 0.160. The van der Waals surface area contributed by atoms with Gasteiger partial charge in [0, 0.05) is 55.8 Å². The Morgan fingerprint density at radius 2 is 1.54 bits per heavy atom. The molecule has 1 aromatic heterocycles. The number of aromatic nitrogens is 1. The highest BCUT2D eigenvalue weighted by molar-refractivity contribution is 5.93. The van der Waals surface area contributed by atoms with Crippen LogP contribution in [0.25, 0.3) is 22.0 Å². The van der Waals surface area contributed by atoms with E-state index in [9.17, 15) is 24.9 Å². The van der Waals surface area contributed by atoms with E-state index in [0.717, 1.165) is 107 Å². The number of aliphatic hydroxyl groups excluding tert-OH is 1. The number of carbonyl (C=O) groups is 1. The van der Waals surface area contributed by atoms with Crippen LogP contribution in [0.15, 0.2) is 108 Å². The van der Waals surface area contributed by atoms with Crippen molar-refractivity contribution >= 4 is 22.7 Å². The minimum absolute atomic E-state index is 0.00718. The normalized spacial score (nSPS) is 16.4. The van der Waals surface area contributed by atoms with Gasteiger partial charge in [0.05, 0.1) is 23.9 Å². The van der Waals surface area contributed by atoms with Crippen molar-refractivity contribution in [2.24, 2.45) is 5.92 Å². The Balaban J connectivity index is 0.767. The number of nitrogens with zero attached hydrogens (tertiary/aromatic N) is 3. The summed E-state index contributed by atoms with van der Waals surface area (Å²) >= 11 is 0. The summed E-state index contributed by atoms with van der Waals surface area (Å²) in [6.07, 6.45) is 4.07. The van der Waals surface area contributed by atoms with Crippen molar-refractivity contribution in [1.82, 2.24) is 20.1 Å². The van der Waals surface area contributed by atoms with Crippen molar-refractivity contribution in [2.75, 3.05) is 63.9 Å². The number of fused-ring (bicyclic) bond motifs is 1. The lowest BCUT2D eigenvalue weighted by Gasteiger charge is -2.38. The van der Waals surface area contributed by atoms with Gasteiger partial charge in [0.1, 0.15) is 11.5 Å². The molecule has 0 aliphatic carbocycles. The highest BCUT2D eigenvalue weighted by Gasteiger charge is 2.30. The number of phenols is 1. The monoisotopic (exact) mass is 773 g/mol. The van der Waals surface area contributed by atoms with Gasteiger partial charge < -0.3 is 40.2 Å². The fourth-order valence-corrected chi connectivity index (χ4v) is 8.42. The van der Waals surface area contributed by atoms with Gasteiger partial charge in [0.25, 0.3) is 0 Å². The third kappa shape index (κ3) is 10.4. The number of aromatic amines is 1. The second-order valence-electron chi connectivity index (χ2n) is 15.4. The van der Waals surface area contributed by atoms with E-state index >= 15 is 0 Å². The van der Waals surface area contributed by atoms with Crippen molar-refractivity contribution in [3.05, 3.63) is 125 Å². The van der Waals surface area contributed by atoms with E-state index in [2.05, 4.69) is 44.4 Å². The highest BCUT2D eigenvalue weighted by atomic mass is 16.5. The van der Waals surface area contributed by atoms with Gasteiger partial charge in [-0.15, -0.1) is 0 Å². The van der Waals surface area contributed by atoms with Gasteiger partial charge in [-0.3, -0.25) is 9.69 Å². The SMILES string of the molecule is O=C(O)N(c1ccccc1-c1ccccc1)C1CCN(CCCOc2ccc(CCN3CCC(CNC[C@H](O)c4ccc(O)c5[nH]c(=O)ccc45)CC3)cc2)CC1. The fraction of sp³-hybridized carbons (Fsp3) is 0.391. The number of likely N-dealkylation sites (tertiary alicyclic amines) is 2. The molecule has 2 aliphatic rings. The minimum Gasteiger partial charge on any atom is -0.506 e. The average molecular weight is 774 g/mol. The lowest BCUT2D eigenvalue weighted by atomic mass is 9.96. The number of aromatic hydroxyl groups is 1. The molecule has 2 fully saturated rings. The molecule has 0 spiro atoms. The number of rotatable bonds is 16. The quantitative estimate of drug-likeness (QED) is 0.0678. The summed E-state index contributed by atoms with van der Waals surface area (Å²) in [5.74, 6) is 1.44. The minimum atomic E-state index is -0.903. The number of hydrogen-bond acceptors (Lipinski definition) is 8. The zero-order valence-corrected chi connectivity index (χ0v) is 32.6. The van der Waals surface area contributed by atoms with E-state index in [-0.39, 0.29) is 17.4 Å². The van der Waals surface area contributed by atoms with E-state index in [0.29, 0.717) is 35.5 Å². The van der Waals surface area contributed by atoms with E-state index in [4.69, 9.17) is 4.74 Å². The molecule has 300 valence electrons. The van der Waals surface area contributed by atoms with Crippen molar-refractivity contribution in [2.45, 2.75) is 50.7 Å². The maximum absolute atomic E-state index is 12.5. The lowest BCUT2D eigenvalue weighted by Crippen LogP contribution is -2.47. The van der Waals surface area contributed by atoms with Crippen LogP contribution in [0.5, 0.6) is 11.5 Å². The summed E-state index contributed by atoms with van der Waals surface area (Å²) in [6, 6.07) is 32.5. The Kier molecular flexibility index (Phi) is 13.5. The number of anilines is 1. The third-order valence-electron chi connectivity index (χ3n) is 11.6. The smallest absolute Gasteiger partial charge is 0.412 e. The maximum Gasteiger partial charge on any atom is 0.412 e. The fourth-order valence-electron chi connectivity index (χ4n) is 8.42. The Bertz CT molecular complexity index is 2110. The Morgan fingerprint density at radius 3 is 2.30 bits per heavy atom. The first kappa shape index (κ1) is 40.0. The van der Waals surface area contributed by atoms with Crippen molar-refractivity contribution in [3.63, 3.8) is 0 Å². The number of amides is 1. The van der Waals surface area contributed by atoms with Crippen LogP contribution >= 0.6 is 0 Å². The van der Waals surface area contributed by atoms with Gasteiger partial charge >= 0.3 is 6.09 Å². The molecule has 2 aliphatic heterocycles. The topological polar surface area (TPSA) is 142 Å². The molecule has 0 unspecified atom stereocenters. The molecule has 0 saturated carbocycles. The number of benzene rings is 4. The Hall–Kier alpha value is -5.20. The summed E-state index contributed by atoms with van der Waals surface area (Å²) in [4.78, 5) is 33.4. The molecule has 1 amide bonds. The number of aliphatic hydroxyl groups is 1. The summed E-state index contributed by atoms with van der Waals surface area (Å²) < 4.78 is 6.09. The molecule has 0 bridgehead atoms. The van der Waals surface area contributed by atoms with E-state index in [1.807, 2.05) is 54.6 Å². The predicted octanol–water partition coefficient (Wildman–Crippen LogP) is 6.90. The first-order chi connectivity index (χ1) is 27.8. The van der Waals surface area contributed by atoms with Crippen molar-refractivity contribution in [3.8, 4) is 22.6 Å². The van der Waals surface area contributed by atoms with Crippen LogP contribution in [0.4, 0.5) is 10.5 Å². The van der Waals surface area contributed by atoms with Crippen molar-refractivity contribution < 1.29 is 24.9 Å². The Labute approximate surface area is 334 Å². The average Bonchev–Trinajstić information content (AvgIpc) is 3.24. The third-order valence-corrected chi connectivity index (χ3v) is 11.6. The van der Waals surface area contributed by atoms with Gasteiger partial charge in [-0.25, -0.2) is 4.79 Å². The van der Waals surface area contributed by atoms with E-state index in [1.165, 1.54) is 17.7 Å². The van der Waals surface area contributed by atoms with Gasteiger partial charge in [0.15, 0.2) is 0 Å². The molecular weight excluding hydrogens is 719 g/mol. The first-order valence-corrected chi connectivity index (χ1v) is 20.4. The number of nitrogens with one attached hydrogen (secondary N) is 2. The van der Waals surface area contributed by atoms with Crippen LogP contribution in [-0.4, -0.2) is 101 Å². The molecule has 7 rings (SSSR count). The molecule has 11 nitrogen and oxygen atoms in total. The number of para-hydroxylation sites is 1. The number of pyridine rings is 1. The maximum atomic E-state index is 12.5. The van der Waals surface area contributed by atoms with Crippen LogP contribution in [0.3, 0.4) is 0 Å². The van der Waals surface area contributed by atoms with E-state index in [1.54, 1.807) is 17.0 Å². The molecule has 3 heterocycles. The summed E-state index contributed by atoms with van der Waals surface area (Å²) in [6.45, 7) is 7.68. The molecule has 11 heteroatoms. The van der Waals surface area contributed by atoms with Gasteiger partial charge in [-0.05, 0) is 111 Å². The summed E-state index contributed by atoms with van der Waals surface area (Å²) in [5, 5.41) is 35.4. The van der Waals surface area contributed by atoms with Crippen LogP contribution in [0.2, 0.25) is 0 Å². The summed E-state index contributed by atoms with van der Waals surface area (Å²) in [5.41, 5.74) is 4.74. The largest absolute Gasteiger partial charge is 0.506 e. The van der Waals surface area contributed by atoms with Crippen LogP contribution in [0.1, 0.15) is 49.3 Å². The molecule has 4 aromatic carbocycles. The Morgan fingerprint density at radius 1 is 0.842 bits per heavy atom. The van der Waals surface area contributed by atoms with Gasteiger partial charge in [-0.2, -0.15) is 0 Å². The second kappa shape index (κ2) is 19.3. The molecule has 5 aromatic rings. The zero-order valence-electron chi connectivity index (χ0n) is 32.6. The zero-order chi connectivity index (χ0) is 39.6. The van der Waals surface area contributed by atoms with Crippen LogP contribution < -0.4 is 20.5 Å². The van der Waals surface area contributed by atoms with Crippen molar-refractivity contribution in [1.29, 1.82) is 0 Å². The molecule has 5 N–H and O–H groups in total. The van der Waals surface area contributed by atoms with E-state index < -0.39 is 12.2 Å². The van der Waals surface area contributed by atoms with Gasteiger partial charge in [0.2, 0.25) is 5.56 Å². The highest BCUT2D eigenvalue weighted by Crippen LogP contribution is 2.34. The van der Waals surface area contributed by atoms with Crippen LogP contribution in [0, 0.1) is 5.92 Å². The molecule has 57 heavy (non-hydrogen) atoms. The number of phenolic OH excluding ortho intramolecular Hbond substituents is 1. The standard InChI is InChI=1S/C46H55N5O6/c52-42-17-15-39(40-16-18-44(54)48-45(40)42)43(53)32-47-31-34-20-26-50(27-21-34)25-19-33-11-13-37(14-12-33)57-30-6-24-49-28-22-36(23-29-49)51(46(55)56)41-10-5-4-9-38(41)35-7-2-1-3-8-35/h1-5,7-18,34,36,43,47,52-53H,6,19-32H2,(H,48,54)(H,55,56)/t43-/m0/s1. The summed E-state index contributed by atoms with van der Waals surface area (Å²) in [7, 11) is 0. The second-order valence-corrected chi connectivity index (χ2v) is 15.4. The number of ether oxygens (including phenoxy) is 1. The first-order valence-electron chi connectivity index (χ1n) is 20.4. The number of piperidine rings is 2. The number of hydrogen-bond donors (Lipinski definition) is 5.